The monoisotopic (exact) mass is 211 g/mol. The molecule has 0 atom stereocenters. The van der Waals surface area contributed by atoms with E-state index in [1.807, 2.05) is 0 Å². The lowest BCUT2D eigenvalue weighted by Crippen LogP contribution is -2.06. The predicted molar refractivity (Wildman–Crippen MR) is 41.9 cm³/mol. The molecule has 0 spiro atoms. The number of alkyl halides is 3. The van der Waals surface area contributed by atoms with Crippen molar-refractivity contribution in [2.24, 2.45) is 0 Å². The minimum Gasteiger partial charge on any atom is -0.291 e. The Morgan fingerprint density at radius 1 is 1.31 bits per heavy atom. The topological polar surface area (TPSA) is 32.3 Å². The summed E-state index contributed by atoms with van der Waals surface area (Å²) in [7, 11) is 0. The highest BCUT2D eigenvalue weighted by Gasteiger charge is 2.33. The van der Waals surface area contributed by atoms with Crippen molar-refractivity contribution < 1.29 is 18.4 Å². The zero-order valence-electron chi connectivity index (χ0n) is 6.19. The lowest BCUT2D eigenvalue weighted by Gasteiger charge is -2.10. The van der Waals surface area contributed by atoms with Crippen molar-refractivity contribution in [1.82, 2.24) is 0 Å². The first-order valence-electron chi connectivity index (χ1n) is 3.22. The van der Waals surface area contributed by atoms with Crippen molar-refractivity contribution in [2.75, 3.05) is 5.48 Å². The number of hydrogen-bond acceptors (Lipinski definition) is 2. The number of hydrogen-bond donors (Lipinski definition) is 2. The van der Waals surface area contributed by atoms with Crippen molar-refractivity contribution in [2.45, 2.75) is 6.18 Å². The fourth-order valence-electron chi connectivity index (χ4n) is 0.837. The Bertz CT molecular complexity index is 313. The van der Waals surface area contributed by atoms with Crippen LogP contribution < -0.4 is 5.48 Å². The van der Waals surface area contributed by atoms with Gasteiger partial charge in [0.15, 0.2) is 0 Å². The number of anilines is 1. The smallest absolute Gasteiger partial charge is 0.291 e. The van der Waals surface area contributed by atoms with Crippen molar-refractivity contribution in [3.8, 4) is 0 Å². The van der Waals surface area contributed by atoms with Crippen LogP contribution in [0.1, 0.15) is 5.56 Å². The highest BCUT2D eigenvalue weighted by atomic mass is 35.5. The third-order valence-corrected chi connectivity index (χ3v) is 1.83. The summed E-state index contributed by atoms with van der Waals surface area (Å²) in [4.78, 5) is 0. The fraction of sp³-hybridized carbons (Fsp3) is 0.143. The van der Waals surface area contributed by atoms with E-state index in [2.05, 4.69) is 0 Å². The van der Waals surface area contributed by atoms with Crippen LogP contribution in [-0.2, 0) is 6.18 Å². The Hall–Kier alpha value is -0.940. The van der Waals surface area contributed by atoms with Crippen molar-refractivity contribution in [3.63, 3.8) is 0 Å². The Morgan fingerprint density at radius 3 is 2.38 bits per heavy atom. The van der Waals surface area contributed by atoms with Crippen LogP contribution >= 0.6 is 11.6 Å². The van der Waals surface area contributed by atoms with Gasteiger partial charge in [-0.1, -0.05) is 17.7 Å². The molecule has 0 saturated heterocycles. The van der Waals surface area contributed by atoms with Gasteiger partial charge in [0.05, 0.1) is 16.3 Å². The molecule has 2 nitrogen and oxygen atoms in total. The van der Waals surface area contributed by atoms with E-state index in [4.69, 9.17) is 16.8 Å². The summed E-state index contributed by atoms with van der Waals surface area (Å²) >= 11 is 5.35. The van der Waals surface area contributed by atoms with E-state index in [0.29, 0.717) is 0 Å². The van der Waals surface area contributed by atoms with Gasteiger partial charge in [0.2, 0.25) is 0 Å². The van der Waals surface area contributed by atoms with Gasteiger partial charge in [-0.15, -0.1) is 0 Å². The second-order valence-electron chi connectivity index (χ2n) is 2.28. The molecule has 2 N–H and O–H groups in total. The van der Waals surface area contributed by atoms with Crippen LogP contribution in [0.15, 0.2) is 18.2 Å². The highest BCUT2D eigenvalue weighted by molar-refractivity contribution is 6.34. The largest absolute Gasteiger partial charge is 0.417 e. The molecule has 0 bridgehead atoms. The van der Waals surface area contributed by atoms with Gasteiger partial charge < -0.3 is 0 Å². The summed E-state index contributed by atoms with van der Waals surface area (Å²) < 4.78 is 36.5. The Morgan fingerprint density at radius 2 is 1.92 bits per heavy atom. The van der Waals surface area contributed by atoms with E-state index < -0.39 is 16.8 Å². The molecule has 1 aromatic rings. The molecular weight excluding hydrogens is 207 g/mol. The van der Waals surface area contributed by atoms with Crippen LogP contribution in [0, 0.1) is 0 Å². The molecule has 1 aromatic carbocycles. The Labute approximate surface area is 76.9 Å². The molecular formula is C7H5ClF3NO. The second-order valence-corrected chi connectivity index (χ2v) is 2.65. The number of benzene rings is 1. The van der Waals surface area contributed by atoms with Gasteiger partial charge in [0.1, 0.15) is 0 Å². The second kappa shape index (κ2) is 3.43. The normalized spacial score (nSPS) is 11.5. The van der Waals surface area contributed by atoms with Crippen LogP contribution in [-0.4, -0.2) is 5.21 Å². The lowest BCUT2D eigenvalue weighted by atomic mass is 10.2. The van der Waals surface area contributed by atoms with Crippen LogP contribution in [0.5, 0.6) is 0 Å². The summed E-state index contributed by atoms with van der Waals surface area (Å²) in [6.07, 6.45) is -4.51. The summed E-state index contributed by atoms with van der Waals surface area (Å²) in [6, 6.07) is 3.22. The summed E-state index contributed by atoms with van der Waals surface area (Å²) in [6.45, 7) is 0. The van der Waals surface area contributed by atoms with Gasteiger partial charge in [-0.2, -0.15) is 13.2 Å². The molecule has 72 valence electrons. The van der Waals surface area contributed by atoms with Gasteiger partial charge in [0, 0.05) is 0 Å². The van der Waals surface area contributed by atoms with E-state index in [1.165, 1.54) is 6.07 Å². The minimum atomic E-state index is -4.51. The molecule has 0 aliphatic heterocycles. The van der Waals surface area contributed by atoms with Gasteiger partial charge in [-0.25, -0.2) is 0 Å². The first-order chi connectivity index (χ1) is 5.96. The zero-order valence-corrected chi connectivity index (χ0v) is 6.95. The summed E-state index contributed by atoms with van der Waals surface area (Å²) in [5.41, 5.74) is 0.427. The molecule has 13 heavy (non-hydrogen) atoms. The maximum atomic E-state index is 12.2. The predicted octanol–water partition coefficient (Wildman–Crippen LogP) is 3.16. The van der Waals surface area contributed by atoms with Crippen LogP contribution in [0.4, 0.5) is 18.9 Å². The maximum absolute atomic E-state index is 12.2. The average Bonchev–Trinajstić information content (AvgIpc) is 2.02. The van der Waals surface area contributed by atoms with Gasteiger partial charge in [-0.05, 0) is 12.1 Å². The van der Waals surface area contributed by atoms with Crippen molar-refractivity contribution in [1.29, 1.82) is 0 Å². The molecule has 1 rings (SSSR count). The molecule has 0 aromatic heterocycles. The highest BCUT2D eigenvalue weighted by Crippen LogP contribution is 2.37. The third kappa shape index (κ3) is 2.05. The van der Waals surface area contributed by atoms with Crippen LogP contribution in [0.2, 0.25) is 5.02 Å². The van der Waals surface area contributed by atoms with Crippen molar-refractivity contribution in [3.05, 3.63) is 28.8 Å². The van der Waals surface area contributed by atoms with E-state index >= 15 is 0 Å². The average molecular weight is 212 g/mol. The SMILES string of the molecule is ONc1cccc(C(F)(F)F)c1Cl. The fourth-order valence-corrected chi connectivity index (χ4v) is 1.11. The van der Waals surface area contributed by atoms with Crippen LogP contribution in [0.3, 0.4) is 0 Å². The summed E-state index contributed by atoms with van der Waals surface area (Å²) in [5.74, 6) is 0. The first kappa shape index (κ1) is 10.1. The van der Waals surface area contributed by atoms with Crippen LogP contribution in [0.25, 0.3) is 0 Å². The standard InChI is InChI=1S/C7H5ClF3NO/c8-6-4(7(9,10)11)2-1-3-5(6)12-13/h1-3,12-13H. The van der Waals surface area contributed by atoms with Crippen molar-refractivity contribution >= 4 is 17.3 Å². The number of nitrogens with one attached hydrogen (secondary N) is 1. The zero-order chi connectivity index (χ0) is 10.1. The third-order valence-electron chi connectivity index (χ3n) is 1.42. The lowest BCUT2D eigenvalue weighted by molar-refractivity contribution is -0.137. The molecule has 0 unspecified atom stereocenters. The molecule has 0 fully saturated rings. The molecule has 0 radical (unpaired) electrons. The van der Waals surface area contributed by atoms with E-state index in [9.17, 15) is 13.2 Å². The first-order valence-corrected chi connectivity index (χ1v) is 3.60. The quantitative estimate of drug-likeness (QED) is 0.700. The van der Waals surface area contributed by atoms with Gasteiger partial charge in [-0.3, -0.25) is 10.7 Å². The maximum Gasteiger partial charge on any atom is 0.417 e. The van der Waals surface area contributed by atoms with Gasteiger partial charge >= 0.3 is 6.18 Å². The number of rotatable bonds is 1. The molecule has 0 aliphatic rings. The Balaban J connectivity index is 3.24. The molecule has 0 heterocycles. The van der Waals surface area contributed by atoms with E-state index in [1.54, 1.807) is 5.48 Å². The van der Waals surface area contributed by atoms with E-state index in [-0.39, 0.29) is 5.69 Å². The Kier molecular flexibility index (Phi) is 2.68. The molecule has 6 heteroatoms. The summed E-state index contributed by atoms with van der Waals surface area (Å²) in [5, 5.41) is 7.86. The molecule has 0 saturated carbocycles. The van der Waals surface area contributed by atoms with E-state index in [0.717, 1.165) is 12.1 Å². The number of halogens is 4. The molecule has 0 aliphatic carbocycles. The molecule has 0 amide bonds. The van der Waals surface area contributed by atoms with Gasteiger partial charge in [0.25, 0.3) is 0 Å². The minimum absolute atomic E-state index is 0.170.